The number of rotatable bonds is 4. The first-order valence-corrected chi connectivity index (χ1v) is 16.5. The molecule has 0 saturated heterocycles. The third-order valence-electron chi connectivity index (χ3n) is 12.9. The van der Waals surface area contributed by atoms with E-state index in [1.807, 2.05) is 0 Å². The van der Waals surface area contributed by atoms with Crippen molar-refractivity contribution < 1.29 is 4.42 Å². The molecule has 3 aromatic carbocycles. The maximum absolute atomic E-state index is 6.26. The minimum atomic E-state index is 0.781. The highest BCUT2D eigenvalue weighted by molar-refractivity contribution is 6.05. The SMILES string of the molecule is c1ccc2c(c1)oc1cc(Nc3cc(C4C5CC6CC(C5)CC4C6)cc(C4C5CC6CC(C5)CC4C6)c3)ccc12. The minimum Gasteiger partial charge on any atom is -0.456 e. The average molecular weight is 528 g/mol. The maximum Gasteiger partial charge on any atom is 0.137 e. The van der Waals surface area contributed by atoms with Crippen molar-refractivity contribution in [3.8, 4) is 0 Å². The molecule has 0 amide bonds. The van der Waals surface area contributed by atoms with Gasteiger partial charge in [0.25, 0.3) is 0 Å². The van der Waals surface area contributed by atoms with E-state index in [0.717, 1.165) is 76.0 Å². The van der Waals surface area contributed by atoms with Crippen molar-refractivity contribution in [2.24, 2.45) is 47.3 Å². The van der Waals surface area contributed by atoms with Crippen molar-refractivity contribution >= 4 is 33.3 Å². The van der Waals surface area contributed by atoms with Crippen LogP contribution in [-0.2, 0) is 0 Å². The van der Waals surface area contributed by atoms with E-state index in [1.54, 1.807) is 11.1 Å². The number of nitrogens with one attached hydrogen (secondary N) is 1. The molecular formula is C38H41NO. The highest BCUT2D eigenvalue weighted by atomic mass is 16.3. The van der Waals surface area contributed by atoms with Crippen molar-refractivity contribution in [2.45, 2.75) is 76.0 Å². The fourth-order valence-electron chi connectivity index (χ4n) is 12.0. The second-order valence-corrected chi connectivity index (χ2v) is 15.2. The van der Waals surface area contributed by atoms with Crippen molar-refractivity contribution in [2.75, 3.05) is 5.32 Å². The molecule has 1 heterocycles. The first-order chi connectivity index (χ1) is 19.7. The van der Waals surface area contributed by atoms with Gasteiger partial charge in [-0.05, 0) is 165 Å². The normalized spacial score (nSPS) is 39.0. The van der Waals surface area contributed by atoms with Crippen LogP contribution in [-0.4, -0.2) is 0 Å². The van der Waals surface area contributed by atoms with Gasteiger partial charge in [-0.3, -0.25) is 0 Å². The van der Waals surface area contributed by atoms with Crippen molar-refractivity contribution in [3.05, 3.63) is 71.8 Å². The molecule has 8 fully saturated rings. The second-order valence-electron chi connectivity index (χ2n) is 15.2. The number of hydrogen-bond acceptors (Lipinski definition) is 2. The van der Waals surface area contributed by atoms with E-state index >= 15 is 0 Å². The second kappa shape index (κ2) is 8.40. The molecule has 0 aliphatic heterocycles. The highest BCUT2D eigenvalue weighted by Crippen LogP contribution is 2.62. The first kappa shape index (κ1) is 22.9. The van der Waals surface area contributed by atoms with Crippen molar-refractivity contribution in [1.29, 1.82) is 0 Å². The Morgan fingerprint density at radius 3 is 1.57 bits per heavy atom. The van der Waals surface area contributed by atoms with Crippen LogP contribution in [0.4, 0.5) is 11.4 Å². The topological polar surface area (TPSA) is 25.2 Å². The number of benzene rings is 3. The summed E-state index contributed by atoms with van der Waals surface area (Å²) in [5.74, 6) is 9.35. The van der Waals surface area contributed by atoms with E-state index in [1.165, 1.54) is 80.7 Å². The van der Waals surface area contributed by atoms with Crippen LogP contribution in [0.25, 0.3) is 21.9 Å². The molecule has 8 aliphatic carbocycles. The molecular weight excluding hydrogens is 486 g/mol. The quantitative estimate of drug-likeness (QED) is 0.285. The summed E-state index contributed by atoms with van der Waals surface area (Å²) >= 11 is 0. The predicted molar refractivity (Wildman–Crippen MR) is 163 cm³/mol. The van der Waals surface area contributed by atoms with Crippen LogP contribution >= 0.6 is 0 Å². The van der Waals surface area contributed by atoms with E-state index < -0.39 is 0 Å². The molecule has 4 aromatic rings. The van der Waals surface area contributed by atoms with Crippen LogP contribution in [0.3, 0.4) is 0 Å². The van der Waals surface area contributed by atoms with Gasteiger partial charge in [0, 0.05) is 28.2 Å². The van der Waals surface area contributed by atoms with Crippen LogP contribution in [0.15, 0.2) is 65.1 Å². The third kappa shape index (κ3) is 3.47. The Balaban J connectivity index is 1.05. The number of furan rings is 1. The molecule has 8 bridgehead atoms. The van der Waals surface area contributed by atoms with E-state index in [9.17, 15) is 0 Å². The van der Waals surface area contributed by atoms with Crippen LogP contribution in [0, 0.1) is 47.3 Å². The molecule has 2 nitrogen and oxygen atoms in total. The average Bonchev–Trinajstić information content (AvgIpc) is 3.30. The van der Waals surface area contributed by atoms with Gasteiger partial charge in [0.1, 0.15) is 11.2 Å². The molecule has 2 heteroatoms. The highest BCUT2D eigenvalue weighted by Gasteiger charge is 2.50. The van der Waals surface area contributed by atoms with Gasteiger partial charge in [-0.25, -0.2) is 0 Å². The van der Waals surface area contributed by atoms with E-state index in [0.29, 0.717) is 0 Å². The molecule has 1 aromatic heterocycles. The van der Waals surface area contributed by atoms with Gasteiger partial charge in [0.2, 0.25) is 0 Å². The molecule has 0 spiro atoms. The monoisotopic (exact) mass is 527 g/mol. The molecule has 0 unspecified atom stereocenters. The molecule has 1 N–H and O–H groups in total. The van der Waals surface area contributed by atoms with Gasteiger partial charge in [0.15, 0.2) is 0 Å². The Kier molecular flexibility index (Phi) is 4.81. The number of hydrogen-bond donors (Lipinski definition) is 1. The number of anilines is 2. The molecule has 12 rings (SSSR count). The first-order valence-electron chi connectivity index (χ1n) is 16.5. The zero-order valence-corrected chi connectivity index (χ0v) is 23.5. The summed E-state index contributed by atoms with van der Waals surface area (Å²) < 4.78 is 6.26. The Labute approximate surface area is 237 Å². The van der Waals surface area contributed by atoms with Crippen molar-refractivity contribution in [1.82, 2.24) is 0 Å². The lowest BCUT2D eigenvalue weighted by atomic mass is 9.49. The lowest BCUT2D eigenvalue weighted by Crippen LogP contribution is -2.44. The van der Waals surface area contributed by atoms with Gasteiger partial charge >= 0.3 is 0 Å². The summed E-state index contributed by atoms with van der Waals surface area (Å²) in [6.45, 7) is 0. The van der Waals surface area contributed by atoms with Crippen molar-refractivity contribution in [3.63, 3.8) is 0 Å². The smallest absolute Gasteiger partial charge is 0.137 e. The van der Waals surface area contributed by atoms with Gasteiger partial charge in [0.05, 0.1) is 0 Å². The largest absolute Gasteiger partial charge is 0.456 e. The minimum absolute atomic E-state index is 0.781. The summed E-state index contributed by atoms with van der Waals surface area (Å²) in [6, 6.07) is 23.0. The van der Waals surface area contributed by atoms with Gasteiger partial charge in [-0.2, -0.15) is 0 Å². The Morgan fingerprint density at radius 1 is 0.475 bits per heavy atom. The lowest BCUT2D eigenvalue weighted by Gasteiger charge is -2.55. The molecule has 0 atom stereocenters. The molecule has 204 valence electrons. The van der Waals surface area contributed by atoms with Crippen LogP contribution in [0.5, 0.6) is 0 Å². The Morgan fingerprint density at radius 2 is 1.00 bits per heavy atom. The van der Waals surface area contributed by atoms with Gasteiger partial charge in [-0.15, -0.1) is 0 Å². The predicted octanol–water partition coefficient (Wildman–Crippen LogP) is 10.4. The lowest BCUT2D eigenvalue weighted by molar-refractivity contribution is -0.00494. The Hall–Kier alpha value is -2.74. The van der Waals surface area contributed by atoms with Crippen LogP contribution < -0.4 is 5.32 Å². The van der Waals surface area contributed by atoms with E-state index in [-0.39, 0.29) is 0 Å². The maximum atomic E-state index is 6.26. The third-order valence-corrected chi connectivity index (χ3v) is 12.9. The molecule has 0 radical (unpaired) electrons. The molecule has 8 aliphatic rings. The summed E-state index contributed by atoms with van der Waals surface area (Å²) in [7, 11) is 0. The number of fused-ring (bicyclic) bond motifs is 3. The zero-order chi connectivity index (χ0) is 25.9. The summed E-state index contributed by atoms with van der Waals surface area (Å²) in [4.78, 5) is 0. The van der Waals surface area contributed by atoms with Gasteiger partial charge in [-0.1, -0.05) is 24.3 Å². The standard InChI is InChI=1S/C38H41NO/c1-2-4-35-33(3-1)34-6-5-31(20-36(34)40-35)39-32-18-29(37-25-9-21-7-22(11-25)12-26(37)10-21)17-30(19-32)38-27-13-23-8-24(15-27)16-28(38)14-23/h1-6,17-28,37-39H,7-16H2. The van der Waals surface area contributed by atoms with Gasteiger partial charge < -0.3 is 9.73 Å². The molecule has 8 saturated carbocycles. The van der Waals surface area contributed by atoms with E-state index in [2.05, 4.69) is 66.0 Å². The zero-order valence-electron chi connectivity index (χ0n) is 23.5. The summed E-state index contributed by atoms with van der Waals surface area (Å²) in [5.41, 5.74) is 7.75. The Bertz CT molecular complexity index is 1510. The number of para-hydroxylation sites is 1. The van der Waals surface area contributed by atoms with E-state index in [4.69, 9.17) is 4.42 Å². The fourth-order valence-corrected chi connectivity index (χ4v) is 12.0. The van der Waals surface area contributed by atoms with Crippen LogP contribution in [0.1, 0.15) is 87.2 Å². The summed E-state index contributed by atoms with van der Waals surface area (Å²) in [6.07, 6.45) is 15.0. The van der Waals surface area contributed by atoms with Crippen LogP contribution in [0.2, 0.25) is 0 Å². The fraction of sp³-hybridized carbons (Fsp3) is 0.526. The summed E-state index contributed by atoms with van der Waals surface area (Å²) in [5, 5.41) is 6.32. The molecule has 40 heavy (non-hydrogen) atoms.